The van der Waals surface area contributed by atoms with Gasteiger partial charge in [0.1, 0.15) is 11.6 Å². The van der Waals surface area contributed by atoms with Crippen LogP contribution in [-0.4, -0.2) is 11.5 Å². The van der Waals surface area contributed by atoms with Crippen molar-refractivity contribution in [1.29, 1.82) is 0 Å². The average molecular weight is 299 g/mol. The first-order chi connectivity index (χ1) is 9.09. The first-order valence-corrected chi connectivity index (χ1v) is 6.80. The SMILES string of the molecule is O=C(CSc1ccccc1Cl)c1c(F)cccc1F. The highest BCUT2D eigenvalue weighted by Gasteiger charge is 2.17. The summed E-state index contributed by atoms with van der Waals surface area (Å²) >= 11 is 7.09. The molecule has 0 aliphatic heterocycles. The molecule has 0 atom stereocenters. The Bertz CT molecular complexity index is 596. The lowest BCUT2D eigenvalue weighted by Gasteiger charge is -2.05. The first-order valence-electron chi connectivity index (χ1n) is 5.44. The number of thioether (sulfide) groups is 1. The summed E-state index contributed by atoms with van der Waals surface area (Å²) in [6.45, 7) is 0. The van der Waals surface area contributed by atoms with Gasteiger partial charge in [0.2, 0.25) is 0 Å². The maximum absolute atomic E-state index is 13.4. The van der Waals surface area contributed by atoms with E-state index >= 15 is 0 Å². The van der Waals surface area contributed by atoms with Crippen LogP contribution in [0.25, 0.3) is 0 Å². The number of benzene rings is 2. The minimum Gasteiger partial charge on any atom is -0.293 e. The Morgan fingerprint density at radius 2 is 1.68 bits per heavy atom. The van der Waals surface area contributed by atoms with Gasteiger partial charge in [0, 0.05) is 4.90 Å². The lowest BCUT2D eigenvalue weighted by Crippen LogP contribution is -2.08. The Balaban J connectivity index is 2.13. The molecule has 1 nitrogen and oxygen atoms in total. The summed E-state index contributed by atoms with van der Waals surface area (Å²) in [7, 11) is 0. The summed E-state index contributed by atoms with van der Waals surface area (Å²) in [6.07, 6.45) is 0. The number of rotatable bonds is 4. The molecule has 0 unspecified atom stereocenters. The highest BCUT2D eigenvalue weighted by molar-refractivity contribution is 8.00. The number of carbonyl (C=O) groups is 1. The Hall–Kier alpha value is -1.39. The minimum atomic E-state index is -0.843. The third-order valence-electron chi connectivity index (χ3n) is 2.44. The van der Waals surface area contributed by atoms with Crippen LogP contribution < -0.4 is 0 Å². The third kappa shape index (κ3) is 3.33. The smallest absolute Gasteiger partial charge is 0.178 e. The monoisotopic (exact) mass is 298 g/mol. The van der Waals surface area contributed by atoms with Gasteiger partial charge in [0.25, 0.3) is 0 Å². The molecule has 0 aliphatic rings. The van der Waals surface area contributed by atoms with Gasteiger partial charge in [-0.05, 0) is 24.3 Å². The molecule has 2 aromatic carbocycles. The summed E-state index contributed by atoms with van der Waals surface area (Å²) in [4.78, 5) is 12.5. The van der Waals surface area contributed by atoms with Crippen LogP contribution in [0.2, 0.25) is 5.02 Å². The maximum atomic E-state index is 13.4. The van der Waals surface area contributed by atoms with Crippen LogP contribution in [0.15, 0.2) is 47.4 Å². The number of hydrogen-bond acceptors (Lipinski definition) is 2. The van der Waals surface area contributed by atoms with E-state index in [0.717, 1.165) is 23.9 Å². The quantitative estimate of drug-likeness (QED) is 0.606. The molecule has 98 valence electrons. The molecule has 2 rings (SSSR count). The number of Topliss-reactive ketones (excluding diaryl/α,β-unsaturated/α-hetero) is 1. The summed E-state index contributed by atoms with van der Waals surface area (Å²) in [6, 6.07) is 10.3. The second kappa shape index (κ2) is 6.17. The van der Waals surface area contributed by atoms with Crippen molar-refractivity contribution in [3.63, 3.8) is 0 Å². The molecule has 0 N–H and O–H groups in total. The number of ketones is 1. The van der Waals surface area contributed by atoms with Crippen LogP contribution >= 0.6 is 23.4 Å². The van der Waals surface area contributed by atoms with Crippen LogP contribution in [-0.2, 0) is 0 Å². The van der Waals surface area contributed by atoms with Crippen molar-refractivity contribution in [1.82, 2.24) is 0 Å². The second-order valence-electron chi connectivity index (χ2n) is 3.74. The zero-order valence-electron chi connectivity index (χ0n) is 9.70. The standard InChI is InChI=1S/C14H9ClF2OS/c15-9-4-1-2-7-13(9)19-8-12(18)14-10(16)5-3-6-11(14)17/h1-7H,8H2. The van der Waals surface area contributed by atoms with Gasteiger partial charge in [-0.1, -0.05) is 29.8 Å². The summed E-state index contributed by atoms with van der Waals surface area (Å²) in [5.74, 6) is -2.35. The fourth-order valence-corrected chi connectivity index (χ4v) is 2.65. The lowest BCUT2D eigenvalue weighted by molar-refractivity contribution is 0.101. The van der Waals surface area contributed by atoms with E-state index in [-0.39, 0.29) is 5.75 Å². The van der Waals surface area contributed by atoms with Gasteiger partial charge in [-0.2, -0.15) is 0 Å². The Morgan fingerprint density at radius 1 is 1.05 bits per heavy atom. The first kappa shape index (κ1) is 14.0. The number of carbonyl (C=O) groups excluding carboxylic acids is 1. The molecule has 0 radical (unpaired) electrons. The molecule has 0 heterocycles. The molecule has 19 heavy (non-hydrogen) atoms. The molecule has 0 saturated heterocycles. The largest absolute Gasteiger partial charge is 0.293 e. The molecule has 0 spiro atoms. The predicted molar refractivity (Wildman–Crippen MR) is 72.9 cm³/mol. The molecule has 2 aromatic rings. The predicted octanol–water partition coefficient (Wildman–Crippen LogP) is 4.59. The van der Waals surface area contributed by atoms with E-state index in [2.05, 4.69) is 0 Å². The van der Waals surface area contributed by atoms with Gasteiger partial charge in [-0.15, -0.1) is 11.8 Å². The van der Waals surface area contributed by atoms with Crippen LogP contribution in [0, 0.1) is 11.6 Å². The maximum Gasteiger partial charge on any atom is 0.178 e. The lowest BCUT2D eigenvalue weighted by atomic mass is 10.1. The van der Waals surface area contributed by atoms with Crippen molar-refractivity contribution in [2.24, 2.45) is 0 Å². The Kier molecular flexibility index (Phi) is 4.56. The van der Waals surface area contributed by atoms with Crippen molar-refractivity contribution in [2.45, 2.75) is 4.90 Å². The van der Waals surface area contributed by atoms with Crippen molar-refractivity contribution in [2.75, 3.05) is 5.75 Å². The topological polar surface area (TPSA) is 17.1 Å². The fraction of sp³-hybridized carbons (Fsp3) is 0.0714. The summed E-state index contributed by atoms with van der Waals surface area (Å²) in [5.41, 5.74) is -0.498. The molecule has 0 aliphatic carbocycles. The van der Waals surface area contributed by atoms with Gasteiger partial charge < -0.3 is 0 Å². The Morgan fingerprint density at radius 3 is 2.32 bits per heavy atom. The van der Waals surface area contributed by atoms with Crippen LogP contribution in [0.3, 0.4) is 0 Å². The van der Waals surface area contributed by atoms with E-state index in [9.17, 15) is 13.6 Å². The molecule has 0 fully saturated rings. The zero-order chi connectivity index (χ0) is 13.8. The van der Waals surface area contributed by atoms with Crippen molar-refractivity contribution < 1.29 is 13.6 Å². The van der Waals surface area contributed by atoms with Crippen LogP contribution in [0.4, 0.5) is 8.78 Å². The Labute approximate surface area is 118 Å². The van der Waals surface area contributed by atoms with E-state index in [1.165, 1.54) is 6.07 Å². The minimum absolute atomic E-state index is 0.0679. The molecule has 0 aromatic heterocycles. The number of halogens is 3. The van der Waals surface area contributed by atoms with E-state index < -0.39 is 23.0 Å². The van der Waals surface area contributed by atoms with E-state index in [1.54, 1.807) is 24.3 Å². The summed E-state index contributed by atoms with van der Waals surface area (Å²) in [5, 5.41) is 0.509. The summed E-state index contributed by atoms with van der Waals surface area (Å²) < 4.78 is 26.8. The van der Waals surface area contributed by atoms with Crippen molar-refractivity contribution in [3.05, 3.63) is 64.7 Å². The molecular weight excluding hydrogens is 290 g/mol. The van der Waals surface area contributed by atoms with Gasteiger partial charge in [-0.3, -0.25) is 4.79 Å². The van der Waals surface area contributed by atoms with E-state index in [0.29, 0.717) is 9.92 Å². The van der Waals surface area contributed by atoms with E-state index in [1.807, 2.05) is 0 Å². The molecule has 0 saturated carbocycles. The van der Waals surface area contributed by atoms with Crippen LogP contribution in [0.1, 0.15) is 10.4 Å². The van der Waals surface area contributed by atoms with Gasteiger partial charge in [-0.25, -0.2) is 8.78 Å². The highest BCUT2D eigenvalue weighted by Crippen LogP contribution is 2.27. The van der Waals surface area contributed by atoms with Crippen molar-refractivity contribution >= 4 is 29.1 Å². The molecule has 5 heteroatoms. The van der Waals surface area contributed by atoms with E-state index in [4.69, 9.17) is 11.6 Å². The van der Waals surface area contributed by atoms with Gasteiger partial charge in [0.05, 0.1) is 16.3 Å². The van der Waals surface area contributed by atoms with Gasteiger partial charge in [0.15, 0.2) is 5.78 Å². The van der Waals surface area contributed by atoms with Crippen LogP contribution in [0.5, 0.6) is 0 Å². The fourth-order valence-electron chi connectivity index (χ4n) is 1.54. The molecular formula is C14H9ClF2OS. The van der Waals surface area contributed by atoms with Gasteiger partial charge >= 0.3 is 0 Å². The highest BCUT2D eigenvalue weighted by atomic mass is 35.5. The average Bonchev–Trinajstić information content (AvgIpc) is 2.37. The number of hydrogen-bond donors (Lipinski definition) is 0. The molecule has 0 amide bonds. The second-order valence-corrected chi connectivity index (χ2v) is 5.16. The van der Waals surface area contributed by atoms with Crippen molar-refractivity contribution in [3.8, 4) is 0 Å². The molecule has 0 bridgehead atoms. The third-order valence-corrected chi connectivity index (χ3v) is 3.95. The normalized spacial score (nSPS) is 10.5. The zero-order valence-corrected chi connectivity index (χ0v) is 11.3.